The first-order valence-electron chi connectivity index (χ1n) is 5.94. The summed E-state index contributed by atoms with van der Waals surface area (Å²) in [6, 6.07) is 2.12. The molecule has 1 amide bonds. The van der Waals surface area contributed by atoms with Gasteiger partial charge in [0.2, 0.25) is 5.91 Å². The van der Waals surface area contributed by atoms with E-state index in [0.717, 1.165) is 6.42 Å². The number of carbonyl (C=O) groups excluding carboxylic acids is 1. The second-order valence-electron chi connectivity index (χ2n) is 3.71. The molecule has 0 aliphatic heterocycles. The molecular weight excluding hydrogens is 204 g/mol. The van der Waals surface area contributed by atoms with E-state index in [9.17, 15) is 4.79 Å². The maximum absolute atomic E-state index is 11.8. The molecule has 0 unspecified atom stereocenters. The highest BCUT2D eigenvalue weighted by atomic mass is 16.5. The third-order valence-corrected chi connectivity index (χ3v) is 2.81. The quantitative estimate of drug-likeness (QED) is 0.642. The van der Waals surface area contributed by atoms with Crippen LogP contribution in [0, 0.1) is 16.7 Å². The lowest BCUT2D eigenvalue weighted by Crippen LogP contribution is -2.40. The summed E-state index contributed by atoms with van der Waals surface area (Å²) >= 11 is 0. The van der Waals surface area contributed by atoms with E-state index in [1.807, 2.05) is 20.8 Å². The number of amides is 1. The zero-order chi connectivity index (χ0) is 12.4. The van der Waals surface area contributed by atoms with Crippen molar-refractivity contribution < 1.29 is 9.53 Å². The van der Waals surface area contributed by atoms with E-state index >= 15 is 0 Å². The highest BCUT2D eigenvalue weighted by molar-refractivity contribution is 5.85. The van der Waals surface area contributed by atoms with Crippen molar-refractivity contribution in [3.63, 3.8) is 0 Å². The number of nitrogens with zero attached hydrogens (tertiary/aromatic N) is 1. The van der Waals surface area contributed by atoms with Gasteiger partial charge in [-0.3, -0.25) is 4.79 Å². The van der Waals surface area contributed by atoms with Gasteiger partial charge in [0.1, 0.15) is 5.41 Å². The predicted octanol–water partition coefficient (Wildman–Crippen LogP) is 1.86. The summed E-state index contributed by atoms with van der Waals surface area (Å²) in [6.45, 7) is 7.59. The Kier molecular flexibility index (Phi) is 7.57. The molecule has 4 nitrogen and oxygen atoms in total. The summed E-state index contributed by atoms with van der Waals surface area (Å²) in [7, 11) is 0. The van der Waals surface area contributed by atoms with Crippen LogP contribution in [0.2, 0.25) is 0 Å². The van der Waals surface area contributed by atoms with E-state index in [-0.39, 0.29) is 5.91 Å². The minimum absolute atomic E-state index is 0.156. The van der Waals surface area contributed by atoms with Crippen molar-refractivity contribution in [2.24, 2.45) is 5.41 Å². The van der Waals surface area contributed by atoms with Crippen molar-refractivity contribution in [3.05, 3.63) is 0 Å². The Hall–Kier alpha value is -1.08. The van der Waals surface area contributed by atoms with E-state index in [1.54, 1.807) is 0 Å². The molecule has 0 aromatic rings. The van der Waals surface area contributed by atoms with E-state index < -0.39 is 5.41 Å². The molecule has 0 atom stereocenters. The lowest BCUT2D eigenvalue weighted by Gasteiger charge is -2.22. The van der Waals surface area contributed by atoms with Gasteiger partial charge in [-0.1, -0.05) is 13.8 Å². The van der Waals surface area contributed by atoms with Gasteiger partial charge in [0.15, 0.2) is 0 Å². The molecule has 0 radical (unpaired) electrons. The van der Waals surface area contributed by atoms with Crippen LogP contribution in [0.1, 0.15) is 40.0 Å². The number of nitrogens with one attached hydrogen (secondary N) is 1. The first-order valence-corrected chi connectivity index (χ1v) is 5.94. The first-order chi connectivity index (χ1) is 7.66. The molecule has 92 valence electrons. The Bertz CT molecular complexity index is 242. The molecule has 0 saturated heterocycles. The standard InChI is InChI=1S/C12H22N2O2/c1-4-12(5-2,10-13)11(15)14-8-7-9-16-6-3/h4-9H2,1-3H3,(H,14,15). The predicted molar refractivity (Wildman–Crippen MR) is 62.7 cm³/mol. The van der Waals surface area contributed by atoms with Crippen molar-refractivity contribution in [2.75, 3.05) is 19.8 Å². The lowest BCUT2D eigenvalue weighted by molar-refractivity contribution is -0.128. The number of ether oxygens (including phenoxy) is 1. The maximum Gasteiger partial charge on any atom is 0.240 e. The summed E-state index contributed by atoms with van der Waals surface area (Å²) < 4.78 is 5.16. The van der Waals surface area contributed by atoms with Crippen molar-refractivity contribution in [2.45, 2.75) is 40.0 Å². The summed E-state index contributed by atoms with van der Waals surface area (Å²) in [5.74, 6) is -0.156. The molecule has 4 heteroatoms. The summed E-state index contributed by atoms with van der Waals surface area (Å²) in [5.41, 5.74) is -0.856. The van der Waals surface area contributed by atoms with Crippen LogP contribution < -0.4 is 5.32 Å². The molecule has 0 fully saturated rings. The van der Waals surface area contributed by atoms with E-state index in [4.69, 9.17) is 10.00 Å². The molecule has 0 aromatic heterocycles. The molecule has 0 rings (SSSR count). The van der Waals surface area contributed by atoms with E-state index in [0.29, 0.717) is 32.6 Å². The molecule has 0 spiro atoms. The van der Waals surface area contributed by atoms with Crippen LogP contribution in [0.15, 0.2) is 0 Å². The summed E-state index contributed by atoms with van der Waals surface area (Å²) in [4.78, 5) is 11.8. The molecule has 0 aromatic carbocycles. The largest absolute Gasteiger partial charge is 0.382 e. The van der Waals surface area contributed by atoms with Crippen LogP contribution in [0.3, 0.4) is 0 Å². The molecule has 0 bridgehead atoms. The average molecular weight is 226 g/mol. The highest BCUT2D eigenvalue weighted by Gasteiger charge is 2.34. The molecular formula is C12H22N2O2. The van der Waals surface area contributed by atoms with Crippen LogP contribution in [0.5, 0.6) is 0 Å². The van der Waals surface area contributed by atoms with Crippen molar-refractivity contribution in [1.29, 1.82) is 5.26 Å². The average Bonchev–Trinajstić information content (AvgIpc) is 2.32. The Labute approximate surface area is 98.0 Å². The number of rotatable bonds is 8. The Morgan fingerprint density at radius 2 is 2.00 bits per heavy atom. The maximum atomic E-state index is 11.8. The number of carbonyl (C=O) groups is 1. The van der Waals surface area contributed by atoms with E-state index in [1.165, 1.54) is 0 Å². The van der Waals surface area contributed by atoms with Gasteiger partial charge in [0.05, 0.1) is 6.07 Å². The molecule has 0 aliphatic carbocycles. The second-order valence-corrected chi connectivity index (χ2v) is 3.71. The monoisotopic (exact) mass is 226 g/mol. The van der Waals surface area contributed by atoms with Gasteiger partial charge >= 0.3 is 0 Å². The summed E-state index contributed by atoms with van der Waals surface area (Å²) in [6.07, 6.45) is 1.89. The number of hydrogen-bond acceptors (Lipinski definition) is 3. The van der Waals surface area contributed by atoms with Gasteiger partial charge in [0.25, 0.3) is 0 Å². The SMILES string of the molecule is CCOCCCNC(=O)C(C#N)(CC)CC. The van der Waals surface area contributed by atoms with Crippen LogP contribution in [-0.2, 0) is 9.53 Å². The lowest BCUT2D eigenvalue weighted by atomic mass is 9.83. The van der Waals surface area contributed by atoms with Gasteiger partial charge in [-0.25, -0.2) is 0 Å². The summed E-state index contributed by atoms with van der Waals surface area (Å²) in [5, 5.41) is 11.8. The fourth-order valence-electron chi connectivity index (χ4n) is 1.47. The number of hydrogen-bond donors (Lipinski definition) is 1. The smallest absolute Gasteiger partial charge is 0.240 e. The third-order valence-electron chi connectivity index (χ3n) is 2.81. The fourth-order valence-corrected chi connectivity index (χ4v) is 1.47. The molecule has 0 heterocycles. The minimum Gasteiger partial charge on any atom is -0.382 e. The highest BCUT2D eigenvalue weighted by Crippen LogP contribution is 2.25. The van der Waals surface area contributed by atoms with Crippen LogP contribution >= 0.6 is 0 Å². The molecule has 0 aliphatic rings. The van der Waals surface area contributed by atoms with Gasteiger partial charge in [-0.15, -0.1) is 0 Å². The zero-order valence-corrected chi connectivity index (χ0v) is 10.5. The number of nitriles is 1. The van der Waals surface area contributed by atoms with Crippen molar-refractivity contribution in [3.8, 4) is 6.07 Å². The van der Waals surface area contributed by atoms with Gasteiger partial charge < -0.3 is 10.1 Å². The first kappa shape index (κ1) is 14.9. The van der Waals surface area contributed by atoms with Gasteiger partial charge in [0, 0.05) is 19.8 Å². The Morgan fingerprint density at radius 3 is 2.44 bits per heavy atom. The van der Waals surface area contributed by atoms with Crippen molar-refractivity contribution in [1.82, 2.24) is 5.32 Å². The van der Waals surface area contributed by atoms with Gasteiger partial charge in [-0.05, 0) is 26.2 Å². The second kappa shape index (κ2) is 8.12. The molecule has 16 heavy (non-hydrogen) atoms. The fraction of sp³-hybridized carbons (Fsp3) is 0.833. The normalized spacial score (nSPS) is 10.9. The topological polar surface area (TPSA) is 62.1 Å². The zero-order valence-electron chi connectivity index (χ0n) is 10.5. The van der Waals surface area contributed by atoms with Crippen molar-refractivity contribution >= 4 is 5.91 Å². The Morgan fingerprint density at radius 1 is 1.38 bits per heavy atom. The Balaban J connectivity index is 3.99. The van der Waals surface area contributed by atoms with Gasteiger partial charge in [-0.2, -0.15) is 5.26 Å². The third kappa shape index (κ3) is 4.19. The molecule has 1 N–H and O–H groups in total. The van der Waals surface area contributed by atoms with Crippen LogP contribution in [0.4, 0.5) is 0 Å². The molecule has 0 saturated carbocycles. The van der Waals surface area contributed by atoms with E-state index in [2.05, 4.69) is 11.4 Å². The van der Waals surface area contributed by atoms with Crippen LogP contribution in [0.25, 0.3) is 0 Å². The minimum atomic E-state index is -0.856. The van der Waals surface area contributed by atoms with Crippen LogP contribution in [-0.4, -0.2) is 25.7 Å².